The lowest BCUT2D eigenvalue weighted by Gasteiger charge is -2.40. The average molecular weight is 641 g/mol. The van der Waals surface area contributed by atoms with Crippen molar-refractivity contribution in [3.63, 3.8) is 0 Å². The summed E-state index contributed by atoms with van der Waals surface area (Å²) in [5, 5.41) is 2.94. The monoisotopic (exact) mass is 640 g/mol. The highest BCUT2D eigenvalue weighted by Gasteiger charge is 2.44. The summed E-state index contributed by atoms with van der Waals surface area (Å²) < 4.78 is 23.5. The molecular weight excluding hydrogens is 596 g/mol. The molecule has 4 rings (SSSR count). The molecule has 0 spiro atoms. The molecule has 244 valence electrons. The van der Waals surface area contributed by atoms with Gasteiger partial charge in [-0.1, -0.05) is 74.7 Å². The van der Waals surface area contributed by atoms with Crippen molar-refractivity contribution in [3.05, 3.63) is 71.8 Å². The quantitative estimate of drug-likeness (QED) is 0.162. The lowest BCUT2D eigenvalue weighted by atomic mass is 10.0. The number of likely N-dealkylation sites (tertiary alicyclic amines) is 1. The van der Waals surface area contributed by atoms with Gasteiger partial charge in [0.05, 0.1) is 11.7 Å². The summed E-state index contributed by atoms with van der Waals surface area (Å²) in [4.78, 5) is 52.7. The van der Waals surface area contributed by atoms with Crippen LogP contribution in [0.25, 0.3) is 0 Å². The Morgan fingerprint density at radius 2 is 1.71 bits per heavy atom. The molecule has 11 heteroatoms. The molecule has 2 heterocycles. The topological polar surface area (TPSA) is 120 Å². The molecule has 10 nitrogen and oxygen atoms in total. The number of nitrogens with one attached hydrogen (secondary N) is 1. The Balaban J connectivity index is 1.39. The third-order valence-corrected chi connectivity index (χ3v) is 9.04. The number of amides is 2. The highest BCUT2D eigenvalue weighted by molar-refractivity contribution is 7.99. The van der Waals surface area contributed by atoms with Gasteiger partial charge in [0.25, 0.3) is 0 Å². The van der Waals surface area contributed by atoms with E-state index in [4.69, 9.17) is 18.9 Å². The summed E-state index contributed by atoms with van der Waals surface area (Å²) in [5.74, 6) is -0.533. The molecule has 0 aliphatic carbocycles. The Morgan fingerprint density at radius 1 is 0.978 bits per heavy atom. The van der Waals surface area contributed by atoms with E-state index in [0.29, 0.717) is 24.9 Å². The molecule has 2 fully saturated rings. The molecule has 2 aromatic rings. The van der Waals surface area contributed by atoms with Crippen molar-refractivity contribution in [3.8, 4) is 0 Å². The van der Waals surface area contributed by atoms with E-state index in [1.54, 1.807) is 24.3 Å². The summed E-state index contributed by atoms with van der Waals surface area (Å²) in [6.45, 7) is 4.18. The maximum Gasteiger partial charge on any atom is 0.410 e. The molecule has 0 saturated carbocycles. The van der Waals surface area contributed by atoms with Crippen molar-refractivity contribution in [1.82, 2.24) is 10.2 Å². The van der Waals surface area contributed by atoms with Crippen LogP contribution in [0, 0.1) is 0 Å². The average Bonchev–Trinajstić information content (AvgIpc) is 3.55. The molecule has 5 atom stereocenters. The first kappa shape index (κ1) is 34.3. The molecule has 2 saturated heterocycles. The summed E-state index contributed by atoms with van der Waals surface area (Å²) in [5.41, 5.74) is 0.659. The van der Waals surface area contributed by atoms with Crippen LogP contribution in [0.15, 0.2) is 60.7 Å². The fourth-order valence-electron chi connectivity index (χ4n) is 5.50. The highest BCUT2D eigenvalue weighted by atomic mass is 32.2. The second-order valence-electron chi connectivity index (χ2n) is 11.3. The van der Waals surface area contributed by atoms with Crippen LogP contribution in [-0.4, -0.2) is 77.5 Å². The lowest BCUT2D eigenvalue weighted by molar-refractivity contribution is -0.176. The number of carbonyl (C=O) groups is 4. The molecule has 2 aliphatic heterocycles. The van der Waals surface area contributed by atoms with Crippen LogP contribution in [-0.2, 0) is 35.1 Å². The first-order valence-electron chi connectivity index (χ1n) is 15.8. The molecule has 45 heavy (non-hydrogen) atoms. The Kier molecular flexibility index (Phi) is 13.6. The van der Waals surface area contributed by atoms with Gasteiger partial charge in [0.15, 0.2) is 6.10 Å². The maximum atomic E-state index is 13.3. The minimum atomic E-state index is -0.825. The predicted molar refractivity (Wildman–Crippen MR) is 170 cm³/mol. The van der Waals surface area contributed by atoms with Crippen molar-refractivity contribution in [1.29, 1.82) is 0 Å². The molecule has 2 aromatic carbocycles. The zero-order valence-electron chi connectivity index (χ0n) is 26.1. The van der Waals surface area contributed by atoms with Gasteiger partial charge in [-0.2, -0.15) is 0 Å². The SMILES string of the molecule is CCCCCCS[C@H]1O[C@H](CNC(=O)C2CCCN2C(=O)OCc2ccccc2)C[C@H](OC(C)=O)[C@@H]1OC(=O)c1ccccc1. The number of thioether (sulfide) groups is 1. The van der Waals surface area contributed by atoms with Gasteiger partial charge < -0.3 is 24.3 Å². The molecule has 0 aromatic heterocycles. The number of hydrogen-bond donors (Lipinski definition) is 1. The molecule has 0 radical (unpaired) electrons. The van der Waals surface area contributed by atoms with E-state index in [1.165, 1.54) is 23.6 Å². The number of unbranched alkanes of at least 4 members (excludes halogenated alkanes) is 3. The number of ether oxygens (including phenoxy) is 4. The Hall–Kier alpha value is -3.57. The van der Waals surface area contributed by atoms with Gasteiger partial charge in [-0.25, -0.2) is 9.59 Å². The second kappa shape index (κ2) is 17.8. The second-order valence-corrected chi connectivity index (χ2v) is 12.5. The highest BCUT2D eigenvalue weighted by Crippen LogP contribution is 2.33. The largest absolute Gasteiger partial charge is 0.458 e. The Bertz CT molecular complexity index is 1250. The fourth-order valence-corrected chi connectivity index (χ4v) is 6.76. The van der Waals surface area contributed by atoms with E-state index in [1.807, 2.05) is 36.4 Å². The van der Waals surface area contributed by atoms with Crippen molar-refractivity contribution >= 4 is 35.7 Å². The standard InChI is InChI=1S/C34H44N2O8S/c1-3-4-5-12-20-45-33-30(44-32(39)26-16-10-7-11-17-26)29(42-24(2)37)21-27(43-33)22-35-31(38)28-18-13-19-36(28)34(40)41-23-25-14-8-6-9-15-25/h6-11,14-17,27-30,33H,3-5,12-13,18-23H2,1-2H3,(H,35,38)/t27-,28?,29-,30-,33+/m0/s1. The van der Waals surface area contributed by atoms with Gasteiger partial charge in [-0.15, -0.1) is 11.8 Å². The van der Waals surface area contributed by atoms with Gasteiger partial charge in [-0.05, 0) is 42.7 Å². The van der Waals surface area contributed by atoms with E-state index in [2.05, 4.69) is 12.2 Å². The first-order chi connectivity index (χ1) is 21.9. The van der Waals surface area contributed by atoms with Crippen molar-refractivity contribution in [2.24, 2.45) is 0 Å². The number of benzene rings is 2. The summed E-state index contributed by atoms with van der Waals surface area (Å²) in [6.07, 6.45) is 3.12. The van der Waals surface area contributed by atoms with Gasteiger partial charge >= 0.3 is 18.0 Å². The third-order valence-electron chi connectivity index (χ3n) is 7.81. The smallest absolute Gasteiger partial charge is 0.410 e. The number of esters is 2. The summed E-state index contributed by atoms with van der Waals surface area (Å²) in [7, 11) is 0. The van der Waals surface area contributed by atoms with E-state index in [0.717, 1.165) is 37.0 Å². The third kappa shape index (κ3) is 10.5. The molecule has 1 unspecified atom stereocenters. The van der Waals surface area contributed by atoms with Gasteiger partial charge in [0.2, 0.25) is 5.91 Å². The zero-order chi connectivity index (χ0) is 32.0. The number of hydrogen-bond acceptors (Lipinski definition) is 9. The minimum absolute atomic E-state index is 0.130. The van der Waals surface area contributed by atoms with Crippen LogP contribution in [0.2, 0.25) is 0 Å². The first-order valence-corrected chi connectivity index (χ1v) is 16.9. The molecule has 0 bridgehead atoms. The lowest BCUT2D eigenvalue weighted by Crippen LogP contribution is -2.54. The minimum Gasteiger partial charge on any atom is -0.458 e. The molecule has 2 aliphatic rings. The van der Waals surface area contributed by atoms with Crippen LogP contribution in [0.4, 0.5) is 4.79 Å². The van der Waals surface area contributed by atoms with Crippen LogP contribution in [0.1, 0.15) is 74.7 Å². The maximum absolute atomic E-state index is 13.3. The van der Waals surface area contributed by atoms with Crippen LogP contribution in [0.3, 0.4) is 0 Å². The van der Waals surface area contributed by atoms with Crippen molar-refractivity contribution in [2.75, 3.05) is 18.8 Å². The normalized spacial score (nSPS) is 22.8. The van der Waals surface area contributed by atoms with Crippen LogP contribution in [0.5, 0.6) is 0 Å². The Morgan fingerprint density at radius 3 is 2.42 bits per heavy atom. The van der Waals surface area contributed by atoms with Crippen molar-refractivity contribution in [2.45, 2.75) is 95.2 Å². The summed E-state index contributed by atoms with van der Waals surface area (Å²) in [6, 6.07) is 17.4. The number of nitrogens with zero attached hydrogens (tertiary/aromatic N) is 1. The van der Waals surface area contributed by atoms with Crippen molar-refractivity contribution < 1.29 is 38.1 Å². The van der Waals surface area contributed by atoms with Gasteiger partial charge in [0, 0.05) is 26.4 Å². The fraction of sp³-hybridized carbons (Fsp3) is 0.529. The predicted octanol–water partition coefficient (Wildman–Crippen LogP) is 5.49. The molecule has 1 N–H and O–H groups in total. The number of carbonyl (C=O) groups excluding carboxylic acids is 4. The zero-order valence-corrected chi connectivity index (χ0v) is 26.9. The van der Waals surface area contributed by atoms with Crippen LogP contribution >= 0.6 is 11.8 Å². The summed E-state index contributed by atoms with van der Waals surface area (Å²) >= 11 is 1.52. The molecule has 2 amide bonds. The molecular formula is C34H44N2O8S. The number of rotatable bonds is 14. The van der Waals surface area contributed by atoms with E-state index in [-0.39, 0.29) is 25.5 Å². The van der Waals surface area contributed by atoms with Crippen LogP contribution < -0.4 is 5.32 Å². The van der Waals surface area contributed by atoms with E-state index in [9.17, 15) is 19.2 Å². The Labute approximate surface area is 269 Å². The van der Waals surface area contributed by atoms with E-state index >= 15 is 0 Å². The van der Waals surface area contributed by atoms with E-state index < -0.39 is 47.8 Å². The van der Waals surface area contributed by atoms with Gasteiger partial charge in [0.1, 0.15) is 24.2 Å². The van der Waals surface area contributed by atoms with Gasteiger partial charge in [-0.3, -0.25) is 14.5 Å².